The van der Waals surface area contributed by atoms with Crippen LogP contribution in [-0.2, 0) is 4.79 Å². The van der Waals surface area contributed by atoms with Crippen molar-refractivity contribution in [2.45, 2.75) is 19.4 Å². The number of ether oxygens (including phenoxy) is 1. The molecule has 0 aromatic heterocycles. The fourth-order valence-corrected chi connectivity index (χ4v) is 3.95. The Balaban J connectivity index is 1.60. The van der Waals surface area contributed by atoms with Gasteiger partial charge in [0.2, 0.25) is 0 Å². The highest BCUT2D eigenvalue weighted by molar-refractivity contribution is 6.04. The quantitative estimate of drug-likeness (QED) is 0.542. The van der Waals surface area contributed by atoms with E-state index in [9.17, 15) is 14.0 Å². The van der Waals surface area contributed by atoms with Gasteiger partial charge in [-0.05, 0) is 42.8 Å². The van der Waals surface area contributed by atoms with Gasteiger partial charge in [0.1, 0.15) is 18.1 Å². The number of methoxy groups -OCH3 is 1. The molecule has 1 heterocycles. The standard InChI is InChI=1S/C27H26FN3O3/c1-18-10-12-19(13-11-18)25-16-24(20-6-5-9-23(15-20)34-3)29-31(25)26(32)17-30(2)27(33)21-7-4-8-22(28)14-21/h4-15,25H,16-17H2,1-3H3/t25-/m1/s1. The Morgan fingerprint density at radius 1 is 1.09 bits per heavy atom. The zero-order valence-corrected chi connectivity index (χ0v) is 19.4. The minimum Gasteiger partial charge on any atom is -0.497 e. The summed E-state index contributed by atoms with van der Waals surface area (Å²) in [5.74, 6) is -0.555. The first-order chi connectivity index (χ1) is 16.4. The molecule has 0 saturated heterocycles. The number of benzene rings is 3. The number of carbonyl (C=O) groups is 2. The lowest BCUT2D eigenvalue weighted by Crippen LogP contribution is -2.39. The van der Waals surface area contributed by atoms with Crippen LogP contribution in [0.4, 0.5) is 4.39 Å². The Kier molecular flexibility index (Phi) is 6.72. The highest BCUT2D eigenvalue weighted by Gasteiger charge is 2.34. The number of carbonyl (C=O) groups excluding carboxylic acids is 2. The summed E-state index contributed by atoms with van der Waals surface area (Å²) in [7, 11) is 3.13. The number of aryl methyl sites for hydroxylation is 1. The van der Waals surface area contributed by atoms with Crippen molar-refractivity contribution in [2.24, 2.45) is 5.10 Å². The molecule has 0 spiro atoms. The third kappa shape index (κ3) is 4.98. The van der Waals surface area contributed by atoms with Gasteiger partial charge in [0.25, 0.3) is 11.8 Å². The molecule has 7 heteroatoms. The van der Waals surface area contributed by atoms with Crippen molar-refractivity contribution in [3.63, 3.8) is 0 Å². The van der Waals surface area contributed by atoms with E-state index < -0.39 is 11.7 Å². The van der Waals surface area contributed by atoms with Gasteiger partial charge in [-0.1, -0.05) is 48.0 Å². The Morgan fingerprint density at radius 2 is 1.82 bits per heavy atom. The van der Waals surface area contributed by atoms with E-state index in [1.165, 1.54) is 35.2 Å². The molecule has 6 nitrogen and oxygen atoms in total. The van der Waals surface area contributed by atoms with Gasteiger partial charge >= 0.3 is 0 Å². The van der Waals surface area contributed by atoms with Crippen LogP contribution in [0.25, 0.3) is 0 Å². The van der Waals surface area contributed by atoms with Gasteiger partial charge in [-0.25, -0.2) is 9.40 Å². The molecule has 34 heavy (non-hydrogen) atoms. The average Bonchev–Trinajstić information content (AvgIpc) is 3.30. The van der Waals surface area contributed by atoms with Crippen molar-refractivity contribution in [3.8, 4) is 5.75 Å². The fourth-order valence-electron chi connectivity index (χ4n) is 3.95. The van der Waals surface area contributed by atoms with E-state index in [0.29, 0.717) is 12.2 Å². The van der Waals surface area contributed by atoms with Crippen molar-refractivity contribution >= 4 is 17.5 Å². The van der Waals surface area contributed by atoms with Crippen LogP contribution in [0.15, 0.2) is 77.9 Å². The van der Waals surface area contributed by atoms with Crippen LogP contribution in [0.5, 0.6) is 5.75 Å². The third-order valence-electron chi connectivity index (χ3n) is 5.82. The predicted molar refractivity (Wildman–Crippen MR) is 128 cm³/mol. The summed E-state index contributed by atoms with van der Waals surface area (Å²) in [6.45, 7) is 1.82. The van der Waals surface area contributed by atoms with E-state index in [1.807, 2.05) is 55.5 Å². The van der Waals surface area contributed by atoms with Crippen molar-refractivity contribution in [1.29, 1.82) is 0 Å². The van der Waals surface area contributed by atoms with Crippen LogP contribution < -0.4 is 4.74 Å². The van der Waals surface area contributed by atoms with Crippen molar-refractivity contribution in [2.75, 3.05) is 20.7 Å². The summed E-state index contributed by atoms with van der Waals surface area (Å²) in [5, 5.41) is 6.11. The van der Waals surface area contributed by atoms with E-state index in [0.717, 1.165) is 28.5 Å². The molecule has 0 saturated carbocycles. The van der Waals surface area contributed by atoms with Crippen molar-refractivity contribution in [3.05, 3.63) is 101 Å². The summed E-state index contributed by atoms with van der Waals surface area (Å²) in [6.07, 6.45) is 0.531. The lowest BCUT2D eigenvalue weighted by molar-refractivity contribution is -0.133. The number of hydrogen-bond donors (Lipinski definition) is 0. The lowest BCUT2D eigenvalue weighted by Gasteiger charge is -2.25. The second-order valence-corrected chi connectivity index (χ2v) is 8.32. The Labute approximate surface area is 198 Å². The molecule has 1 aliphatic rings. The molecule has 3 aromatic rings. The van der Waals surface area contributed by atoms with Crippen molar-refractivity contribution < 1.29 is 18.7 Å². The van der Waals surface area contributed by atoms with Crippen LogP contribution in [0.2, 0.25) is 0 Å². The second kappa shape index (κ2) is 9.87. The van der Waals surface area contributed by atoms with Gasteiger partial charge in [-0.2, -0.15) is 5.10 Å². The molecular weight excluding hydrogens is 433 g/mol. The minimum atomic E-state index is -0.503. The van der Waals surface area contributed by atoms with Crippen LogP contribution >= 0.6 is 0 Å². The lowest BCUT2D eigenvalue weighted by atomic mass is 9.97. The molecule has 0 N–H and O–H groups in total. The first-order valence-corrected chi connectivity index (χ1v) is 11.0. The highest BCUT2D eigenvalue weighted by atomic mass is 19.1. The van der Waals surface area contributed by atoms with E-state index in [-0.39, 0.29) is 24.1 Å². The van der Waals surface area contributed by atoms with Gasteiger partial charge in [-0.3, -0.25) is 9.59 Å². The predicted octanol–water partition coefficient (Wildman–Crippen LogP) is 4.59. The smallest absolute Gasteiger partial charge is 0.262 e. The van der Waals surface area contributed by atoms with Crippen LogP contribution in [0, 0.1) is 12.7 Å². The molecule has 1 aliphatic heterocycles. The normalized spacial score (nSPS) is 15.1. The first kappa shape index (κ1) is 23.2. The summed E-state index contributed by atoms with van der Waals surface area (Å²) in [4.78, 5) is 27.3. The highest BCUT2D eigenvalue weighted by Crippen LogP contribution is 2.33. The molecular formula is C27H26FN3O3. The SMILES string of the molecule is COc1cccc(C2=NN(C(=O)CN(C)C(=O)c3cccc(F)c3)[C@@H](c3ccc(C)cc3)C2)c1. The van der Waals surface area contributed by atoms with Crippen LogP contribution in [0.3, 0.4) is 0 Å². The van der Waals surface area contributed by atoms with E-state index >= 15 is 0 Å². The number of likely N-dealkylation sites (N-methyl/N-ethyl adjacent to an activating group) is 1. The van der Waals surface area contributed by atoms with Crippen LogP contribution in [-0.4, -0.2) is 48.1 Å². The molecule has 0 aliphatic carbocycles. The number of halogens is 1. The summed E-state index contributed by atoms with van der Waals surface area (Å²) in [5.41, 5.74) is 3.90. The minimum absolute atomic E-state index is 0.187. The van der Waals surface area contributed by atoms with Gasteiger partial charge in [0.05, 0.1) is 18.9 Å². The monoisotopic (exact) mass is 459 g/mol. The molecule has 0 bridgehead atoms. The zero-order chi connectivity index (χ0) is 24.2. The maximum atomic E-state index is 13.6. The van der Waals surface area contributed by atoms with Gasteiger partial charge < -0.3 is 9.64 Å². The number of hydrogen-bond acceptors (Lipinski definition) is 4. The van der Waals surface area contributed by atoms with E-state index in [2.05, 4.69) is 5.10 Å². The van der Waals surface area contributed by atoms with E-state index in [4.69, 9.17) is 4.74 Å². The molecule has 174 valence electrons. The van der Waals surface area contributed by atoms with E-state index in [1.54, 1.807) is 7.11 Å². The Bertz CT molecular complexity index is 1240. The Hall–Kier alpha value is -4.00. The second-order valence-electron chi connectivity index (χ2n) is 8.32. The number of nitrogens with zero attached hydrogens (tertiary/aromatic N) is 3. The number of rotatable bonds is 6. The average molecular weight is 460 g/mol. The van der Waals surface area contributed by atoms with Gasteiger partial charge in [0.15, 0.2) is 0 Å². The zero-order valence-electron chi connectivity index (χ0n) is 19.4. The first-order valence-electron chi connectivity index (χ1n) is 11.0. The van der Waals surface area contributed by atoms with Gasteiger partial charge in [0, 0.05) is 24.6 Å². The Morgan fingerprint density at radius 3 is 2.53 bits per heavy atom. The maximum absolute atomic E-state index is 13.6. The van der Waals surface area contributed by atoms with Crippen molar-refractivity contribution in [1.82, 2.24) is 9.91 Å². The molecule has 0 radical (unpaired) electrons. The third-order valence-corrected chi connectivity index (χ3v) is 5.82. The van der Waals surface area contributed by atoms with Crippen LogP contribution in [0.1, 0.15) is 39.5 Å². The largest absolute Gasteiger partial charge is 0.497 e. The molecule has 0 unspecified atom stereocenters. The molecule has 0 fully saturated rings. The number of amides is 2. The fraction of sp³-hybridized carbons (Fsp3) is 0.222. The summed E-state index contributed by atoms with van der Waals surface area (Å²) < 4.78 is 18.9. The molecule has 1 atom stereocenters. The molecule has 3 aromatic carbocycles. The molecule has 4 rings (SSSR count). The summed E-state index contributed by atoms with van der Waals surface area (Å²) >= 11 is 0. The van der Waals surface area contributed by atoms with Gasteiger partial charge in [-0.15, -0.1) is 0 Å². The summed E-state index contributed by atoms with van der Waals surface area (Å²) in [6, 6.07) is 20.7. The molecule has 2 amide bonds. The topological polar surface area (TPSA) is 62.2 Å². The number of hydrazone groups is 1. The maximum Gasteiger partial charge on any atom is 0.262 e.